The minimum Gasteiger partial charge on any atom is -0.493 e. The molecule has 194 valence electrons. The number of nitrogens with two attached hydrogens (primary N) is 1. The van der Waals surface area contributed by atoms with Crippen LogP contribution in [0.25, 0.3) is 0 Å². The molecule has 0 spiro atoms. The Morgan fingerprint density at radius 2 is 1.18 bits per heavy atom. The highest BCUT2D eigenvalue weighted by Gasteiger charge is 2.00. The van der Waals surface area contributed by atoms with Crippen molar-refractivity contribution >= 4 is 23.1 Å². The van der Waals surface area contributed by atoms with E-state index in [0.29, 0.717) is 25.0 Å². The molecule has 7 heteroatoms. The summed E-state index contributed by atoms with van der Waals surface area (Å²) in [6.45, 7) is 1.67. The summed E-state index contributed by atoms with van der Waals surface area (Å²) >= 11 is 1.46. The summed E-state index contributed by atoms with van der Waals surface area (Å²) in [5, 5.41) is 8.56. The average Bonchev–Trinajstić information content (AvgIpc) is 2.97. The molecule has 0 radical (unpaired) electrons. The monoisotopic (exact) mass is 525 g/mol. The van der Waals surface area contributed by atoms with Crippen molar-refractivity contribution in [3.8, 4) is 17.2 Å². The fourth-order valence-electron chi connectivity index (χ4n) is 3.37. The van der Waals surface area contributed by atoms with Crippen LogP contribution in [-0.2, 0) is 12.4 Å². The average molecular weight is 526 g/mol. The lowest BCUT2D eigenvalue weighted by atomic mass is 10.2. The number of hydrogen-bond donors (Lipinski definition) is 1. The Kier molecular flexibility index (Phi) is 10.7. The van der Waals surface area contributed by atoms with Crippen molar-refractivity contribution in [2.45, 2.75) is 18.8 Å². The summed E-state index contributed by atoms with van der Waals surface area (Å²) in [6, 6.07) is 35.6. The lowest BCUT2D eigenvalue weighted by molar-refractivity contribution is 0.247. The molecule has 0 aromatic heterocycles. The summed E-state index contributed by atoms with van der Waals surface area (Å²) in [7, 11) is 0. The van der Waals surface area contributed by atoms with Gasteiger partial charge in [0.15, 0.2) is 5.17 Å². The molecule has 0 atom stereocenters. The number of benzene rings is 4. The van der Waals surface area contributed by atoms with Crippen LogP contribution >= 0.6 is 11.8 Å². The van der Waals surface area contributed by atoms with Gasteiger partial charge in [-0.3, -0.25) is 0 Å². The molecule has 0 heterocycles. The molecule has 4 rings (SSSR count). The fourth-order valence-corrected chi connectivity index (χ4v) is 3.99. The minimum absolute atomic E-state index is 0.430. The van der Waals surface area contributed by atoms with Gasteiger partial charge in [-0.15, -0.1) is 5.10 Å². The third-order valence-electron chi connectivity index (χ3n) is 5.37. The maximum atomic E-state index is 5.93. The van der Waals surface area contributed by atoms with Crippen LogP contribution in [0.1, 0.15) is 23.1 Å². The Bertz CT molecular complexity index is 1280. The smallest absolute Gasteiger partial charge is 0.180 e. The molecule has 0 unspecified atom stereocenters. The lowest BCUT2D eigenvalue weighted by Gasteiger charge is -2.10. The van der Waals surface area contributed by atoms with Gasteiger partial charge in [0.05, 0.1) is 19.4 Å². The Morgan fingerprint density at radius 3 is 1.79 bits per heavy atom. The first-order valence-corrected chi connectivity index (χ1v) is 13.4. The van der Waals surface area contributed by atoms with Gasteiger partial charge in [-0.1, -0.05) is 72.4 Å². The molecule has 0 saturated heterocycles. The lowest BCUT2D eigenvalue weighted by Crippen LogP contribution is -2.06. The molecular formula is C31H31N3O3S. The van der Waals surface area contributed by atoms with Gasteiger partial charge in [0.1, 0.15) is 23.9 Å². The molecule has 0 amide bonds. The van der Waals surface area contributed by atoms with E-state index in [9.17, 15) is 0 Å². The van der Waals surface area contributed by atoms with Gasteiger partial charge in [-0.05, 0) is 65.2 Å². The van der Waals surface area contributed by atoms with Crippen molar-refractivity contribution < 1.29 is 14.2 Å². The summed E-state index contributed by atoms with van der Waals surface area (Å²) in [4.78, 5) is 0. The van der Waals surface area contributed by atoms with Crippen molar-refractivity contribution in [2.24, 2.45) is 15.9 Å². The van der Waals surface area contributed by atoms with Gasteiger partial charge in [0.25, 0.3) is 0 Å². The van der Waals surface area contributed by atoms with Crippen LogP contribution in [0.5, 0.6) is 17.2 Å². The van der Waals surface area contributed by atoms with Gasteiger partial charge in [0, 0.05) is 12.2 Å². The van der Waals surface area contributed by atoms with E-state index in [-0.39, 0.29) is 0 Å². The molecule has 6 nitrogen and oxygen atoms in total. The molecule has 0 aliphatic heterocycles. The summed E-state index contributed by atoms with van der Waals surface area (Å²) in [6.07, 6.45) is 2.44. The van der Waals surface area contributed by atoms with Crippen LogP contribution in [0.2, 0.25) is 0 Å². The van der Waals surface area contributed by atoms with Gasteiger partial charge >= 0.3 is 0 Å². The predicted octanol–water partition coefficient (Wildman–Crippen LogP) is 6.70. The molecule has 4 aromatic carbocycles. The zero-order valence-corrected chi connectivity index (χ0v) is 21.9. The second-order valence-electron chi connectivity index (χ2n) is 8.32. The Morgan fingerprint density at radius 1 is 0.658 bits per heavy atom. The van der Waals surface area contributed by atoms with Gasteiger partial charge in [0.2, 0.25) is 0 Å². The molecule has 4 aromatic rings. The van der Waals surface area contributed by atoms with Gasteiger partial charge in [-0.2, -0.15) is 5.10 Å². The first-order valence-electron chi connectivity index (χ1n) is 12.4. The number of hydrogen-bond acceptors (Lipinski definition) is 6. The van der Waals surface area contributed by atoms with Crippen LogP contribution in [-0.4, -0.2) is 24.6 Å². The van der Waals surface area contributed by atoms with Crippen LogP contribution in [0.4, 0.5) is 0 Å². The first kappa shape index (κ1) is 26.8. The van der Waals surface area contributed by atoms with Crippen molar-refractivity contribution in [1.82, 2.24) is 0 Å². The van der Waals surface area contributed by atoms with E-state index in [2.05, 4.69) is 22.3 Å². The highest BCUT2D eigenvalue weighted by atomic mass is 32.2. The Balaban J connectivity index is 1.10. The molecule has 0 bridgehead atoms. The van der Waals surface area contributed by atoms with E-state index in [1.54, 1.807) is 6.21 Å². The largest absolute Gasteiger partial charge is 0.493 e. The van der Waals surface area contributed by atoms with Crippen molar-refractivity contribution in [3.63, 3.8) is 0 Å². The van der Waals surface area contributed by atoms with E-state index >= 15 is 0 Å². The predicted molar refractivity (Wildman–Crippen MR) is 156 cm³/mol. The normalized spacial score (nSPS) is 11.4. The van der Waals surface area contributed by atoms with E-state index in [1.165, 1.54) is 17.3 Å². The van der Waals surface area contributed by atoms with E-state index in [1.807, 2.05) is 97.1 Å². The highest BCUT2D eigenvalue weighted by molar-refractivity contribution is 8.13. The van der Waals surface area contributed by atoms with Crippen molar-refractivity contribution in [1.29, 1.82) is 0 Å². The minimum atomic E-state index is 0.430. The Labute approximate surface area is 228 Å². The molecule has 38 heavy (non-hydrogen) atoms. The second-order valence-corrected chi connectivity index (χ2v) is 9.32. The van der Waals surface area contributed by atoms with Crippen molar-refractivity contribution in [2.75, 3.05) is 13.2 Å². The number of rotatable bonds is 13. The summed E-state index contributed by atoms with van der Waals surface area (Å²) < 4.78 is 17.4. The fraction of sp³-hybridized carbons (Fsp3) is 0.161. The molecule has 0 aliphatic carbocycles. The number of amidine groups is 1. The quantitative estimate of drug-likeness (QED) is 0.0910. The maximum Gasteiger partial charge on any atom is 0.180 e. The zero-order chi connectivity index (χ0) is 26.3. The summed E-state index contributed by atoms with van der Waals surface area (Å²) in [5.74, 6) is 3.18. The van der Waals surface area contributed by atoms with E-state index in [0.717, 1.165) is 40.5 Å². The maximum absolute atomic E-state index is 5.93. The summed E-state index contributed by atoms with van der Waals surface area (Å²) in [5.41, 5.74) is 9.18. The topological polar surface area (TPSA) is 78.4 Å². The molecule has 0 saturated carbocycles. The first-order chi connectivity index (χ1) is 18.7. The zero-order valence-electron chi connectivity index (χ0n) is 21.1. The Hall–Kier alpha value is -4.23. The van der Waals surface area contributed by atoms with Crippen molar-refractivity contribution in [3.05, 3.63) is 126 Å². The molecule has 0 fully saturated rings. The number of nitrogens with zero attached hydrogens (tertiary/aromatic N) is 2. The van der Waals surface area contributed by atoms with Gasteiger partial charge in [-0.25, -0.2) is 0 Å². The van der Waals surface area contributed by atoms with E-state index < -0.39 is 0 Å². The molecular weight excluding hydrogens is 494 g/mol. The van der Waals surface area contributed by atoms with Crippen LogP contribution < -0.4 is 19.9 Å². The second kappa shape index (κ2) is 15.1. The highest BCUT2D eigenvalue weighted by Crippen LogP contribution is 2.19. The van der Waals surface area contributed by atoms with Gasteiger partial charge < -0.3 is 19.9 Å². The SMILES string of the molecule is NC(=NN=Cc1ccc(OCCCOc2ccc(OCc3ccccc3)cc2)cc1)SCc1ccccc1. The number of ether oxygens (including phenoxy) is 3. The molecule has 0 aliphatic rings. The van der Waals surface area contributed by atoms with E-state index in [4.69, 9.17) is 19.9 Å². The standard InChI is InChI=1S/C31H31N3O3S/c32-31(38-24-27-10-5-2-6-11-27)34-33-22-25-12-14-28(15-13-25)35-20-7-21-36-29-16-18-30(19-17-29)37-23-26-8-3-1-4-9-26/h1-6,8-19,22H,7,20-21,23-24H2,(H2,32,34). The number of thioether (sulfide) groups is 1. The van der Waals surface area contributed by atoms with Crippen LogP contribution in [0.15, 0.2) is 119 Å². The van der Waals surface area contributed by atoms with Crippen LogP contribution in [0.3, 0.4) is 0 Å². The van der Waals surface area contributed by atoms with Crippen LogP contribution in [0, 0.1) is 0 Å². The third kappa shape index (κ3) is 9.67. The third-order valence-corrected chi connectivity index (χ3v) is 6.23. The molecule has 2 N–H and O–H groups in total.